The predicted octanol–water partition coefficient (Wildman–Crippen LogP) is 5.66. The second-order valence-electron chi connectivity index (χ2n) is 7.88. The number of ether oxygens (including phenoxy) is 2. The van der Waals surface area contributed by atoms with E-state index in [0.29, 0.717) is 30.0 Å². The number of halogens is 2. The molecular weight excluding hydrogens is 401 g/mol. The minimum Gasteiger partial charge on any atom is -0.490 e. The van der Waals surface area contributed by atoms with Crippen molar-refractivity contribution in [3.63, 3.8) is 0 Å². The normalized spacial score (nSPS) is 11.7. The summed E-state index contributed by atoms with van der Waals surface area (Å²) in [6, 6.07) is 1.58. The lowest BCUT2D eigenvalue weighted by molar-refractivity contribution is 0.0504. The van der Waals surface area contributed by atoms with Crippen molar-refractivity contribution in [1.82, 2.24) is 4.57 Å². The van der Waals surface area contributed by atoms with Gasteiger partial charge in [-0.25, -0.2) is 4.79 Å². The lowest BCUT2D eigenvalue weighted by atomic mass is 9.95. The summed E-state index contributed by atoms with van der Waals surface area (Å²) in [5, 5.41) is 0.0859. The average Bonchev–Trinajstić information content (AvgIpc) is 2.59. The first-order valence-corrected chi connectivity index (χ1v) is 10.2. The molecule has 0 aromatic carbocycles. The van der Waals surface area contributed by atoms with Crippen LogP contribution in [0.2, 0.25) is 10.0 Å². The molecule has 1 heterocycles. The molecule has 1 aliphatic carbocycles. The summed E-state index contributed by atoms with van der Waals surface area (Å²) < 4.78 is 13.0. The van der Waals surface area contributed by atoms with E-state index in [9.17, 15) is 9.59 Å². The molecule has 0 fully saturated rings. The van der Waals surface area contributed by atoms with Crippen LogP contribution in [-0.2, 0) is 11.3 Å². The zero-order valence-corrected chi connectivity index (χ0v) is 18.5. The molecule has 0 saturated carbocycles. The zero-order valence-electron chi connectivity index (χ0n) is 17.0. The fourth-order valence-corrected chi connectivity index (χ4v) is 3.27. The number of carbonyl (C=O) groups excluding carboxylic acids is 1. The number of fused-ring (bicyclic) bond motifs is 1. The molecule has 0 N–H and O–H groups in total. The summed E-state index contributed by atoms with van der Waals surface area (Å²) in [4.78, 5) is 25.6. The van der Waals surface area contributed by atoms with E-state index >= 15 is 0 Å². The maximum absolute atomic E-state index is 12.8. The topological polar surface area (TPSA) is 57.5 Å². The van der Waals surface area contributed by atoms with Crippen LogP contribution in [0.4, 0.5) is 0 Å². The molecule has 0 aromatic heterocycles. The molecule has 154 valence electrons. The Balaban J connectivity index is 2.86. The third kappa shape index (κ3) is 5.00. The molecular formula is C21H27Cl2NO4. The van der Waals surface area contributed by atoms with Crippen molar-refractivity contribution in [2.45, 2.75) is 54.0 Å². The van der Waals surface area contributed by atoms with Gasteiger partial charge in [0.1, 0.15) is 5.02 Å². The quantitative estimate of drug-likeness (QED) is 0.422. The Morgan fingerprint density at radius 1 is 1.18 bits per heavy atom. The largest absolute Gasteiger partial charge is 0.490 e. The molecule has 0 bridgehead atoms. The van der Waals surface area contributed by atoms with E-state index in [1.54, 1.807) is 23.8 Å². The summed E-state index contributed by atoms with van der Waals surface area (Å²) >= 11 is 12.2. The van der Waals surface area contributed by atoms with Crippen LogP contribution in [0.25, 0.3) is 11.1 Å². The number of aromatic nitrogens is 1. The first kappa shape index (κ1) is 22.6. The Bertz CT molecular complexity index is 884. The van der Waals surface area contributed by atoms with E-state index in [-0.39, 0.29) is 33.2 Å². The Morgan fingerprint density at radius 3 is 2.43 bits per heavy atom. The van der Waals surface area contributed by atoms with E-state index in [0.717, 1.165) is 12.8 Å². The van der Waals surface area contributed by atoms with Gasteiger partial charge in [0.15, 0.2) is 11.4 Å². The highest BCUT2D eigenvalue weighted by Gasteiger charge is 2.29. The Kier molecular flexibility index (Phi) is 7.40. The summed E-state index contributed by atoms with van der Waals surface area (Å²) in [6.07, 6.45) is 3.38. The Morgan fingerprint density at radius 2 is 1.86 bits per heavy atom. The number of carbonyl (C=O) groups is 1. The van der Waals surface area contributed by atoms with Crippen LogP contribution in [-0.4, -0.2) is 23.8 Å². The minimum atomic E-state index is -0.501. The SMILES string of the molecule is CCCCOc1c2cc(Cl)c(Cl)c(=O)c-2cn(CC(C)(C)C)c1C(=O)OCC. The maximum atomic E-state index is 12.8. The smallest absolute Gasteiger partial charge is 0.358 e. The van der Waals surface area contributed by atoms with Crippen molar-refractivity contribution in [3.05, 3.63) is 38.2 Å². The van der Waals surface area contributed by atoms with Crippen molar-refractivity contribution < 1.29 is 14.3 Å². The van der Waals surface area contributed by atoms with Crippen molar-refractivity contribution in [3.8, 4) is 16.9 Å². The number of pyridine rings is 1. The number of hydrogen-bond acceptors (Lipinski definition) is 4. The molecule has 0 radical (unpaired) electrons. The lowest BCUT2D eigenvalue weighted by Crippen LogP contribution is -2.25. The van der Waals surface area contributed by atoms with Gasteiger partial charge in [-0.2, -0.15) is 0 Å². The fourth-order valence-electron chi connectivity index (χ4n) is 2.92. The van der Waals surface area contributed by atoms with Crippen LogP contribution in [0.15, 0.2) is 17.1 Å². The highest BCUT2D eigenvalue weighted by atomic mass is 35.5. The number of unbranched alkanes of at least 4 members (excludes halogenated alkanes) is 1. The molecule has 1 aliphatic heterocycles. The van der Waals surface area contributed by atoms with E-state index in [1.165, 1.54) is 0 Å². The summed E-state index contributed by atoms with van der Waals surface area (Å²) in [5.74, 6) is -0.192. The van der Waals surface area contributed by atoms with Crippen LogP contribution in [0, 0.1) is 5.41 Å². The van der Waals surface area contributed by atoms with Crippen LogP contribution in [0.3, 0.4) is 0 Å². The highest BCUT2D eigenvalue weighted by Crippen LogP contribution is 2.38. The molecule has 2 aliphatic rings. The van der Waals surface area contributed by atoms with E-state index in [2.05, 4.69) is 0 Å². The van der Waals surface area contributed by atoms with Crippen molar-refractivity contribution in [1.29, 1.82) is 0 Å². The fraction of sp³-hybridized carbons (Fsp3) is 0.524. The lowest BCUT2D eigenvalue weighted by Gasteiger charge is -2.27. The third-order valence-corrected chi connectivity index (χ3v) is 4.87. The number of nitrogens with zero attached hydrogens (tertiary/aromatic N) is 1. The molecule has 7 heteroatoms. The van der Waals surface area contributed by atoms with Gasteiger partial charge < -0.3 is 14.0 Å². The van der Waals surface area contributed by atoms with E-state index in [1.807, 2.05) is 27.7 Å². The van der Waals surface area contributed by atoms with Gasteiger partial charge in [0.2, 0.25) is 5.43 Å². The maximum Gasteiger partial charge on any atom is 0.358 e. The van der Waals surface area contributed by atoms with Crippen LogP contribution in [0.5, 0.6) is 5.75 Å². The molecule has 2 rings (SSSR count). The van der Waals surface area contributed by atoms with Gasteiger partial charge in [0.25, 0.3) is 0 Å². The first-order chi connectivity index (χ1) is 13.1. The van der Waals surface area contributed by atoms with Gasteiger partial charge >= 0.3 is 5.97 Å². The molecule has 0 spiro atoms. The third-order valence-electron chi connectivity index (χ3n) is 4.10. The van der Waals surface area contributed by atoms with Gasteiger partial charge in [0, 0.05) is 18.3 Å². The summed E-state index contributed by atoms with van der Waals surface area (Å²) in [6.45, 7) is 11.1. The van der Waals surface area contributed by atoms with E-state index < -0.39 is 5.97 Å². The van der Waals surface area contributed by atoms with Crippen molar-refractivity contribution in [2.75, 3.05) is 13.2 Å². The molecule has 28 heavy (non-hydrogen) atoms. The second kappa shape index (κ2) is 9.19. The van der Waals surface area contributed by atoms with Crippen molar-refractivity contribution >= 4 is 29.2 Å². The van der Waals surface area contributed by atoms with Crippen LogP contribution in [0.1, 0.15) is 57.9 Å². The molecule has 0 unspecified atom stereocenters. The molecule has 5 nitrogen and oxygen atoms in total. The zero-order chi connectivity index (χ0) is 21.1. The summed E-state index contributed by atoms with van der Waals surface area (Å²) in [7, 11) is 0. The predicted molar refractivity (Wildman–Crippen MR) is 113 cm³/mol. The van der Waals surface area contributed by atoms with Gasteiger partial charge in [-0.3, -0.25) is 4.79 Å². The van der Waals surface area contributed by atoms with E-state index in [4.69, 9.17) is 32.7 Å². The summed E-state index contributed by atoms with van der Waals surface area (Å²) in [5.41, 5.74) is 0.558. The number of esters is 1. The second-order valence-corrected chi connectivity index (χ2v) is 8.67. The monoisotopic (exact) mass is 427 g/mol. The van der Waals surface area contributed by atoms with Gasteiger partial charge in [-0.05, 0) is 24.8 Å². The van der Waals surface area contributed by atoms with Gasteiger partial charge in [-0.15, -0.1) is 0 Å². The number of hydrogen-bond donors (Lipinski definition) is 0. The van der Waals surface area contributed by atoms with Crippen LogP contribution < -0.4 is 10.2 Å². The minimum absolute atomic E-state index is 0.0418. The number of benzene rings is 1. The molecule has 0 aromatic rings. The highest BCUT2D eigenvalue weighted by molar-refractivity contribution is 6.42. The Labute approximate surface area is 175 Å². The van der Waals surface area contributed by atoms with Crippen LogP contribution >= 0.6 is 23.2 Å². The molecule has 0 amide bonds. The van der Waals surface area contributed by atoms with Crippen molar-refractivity contribution in [2.24, 2.45) is 5.41 Å². The number of rotatable bonds is 7. The Hall–Kier alpha value is -1.72. The standard InChI is InChI=1S/C21H27Cl2NO4/c1-6-8-9-28-19-13-10-15(22)16(23)18(25)14(13)11-24(12-21(3,4)5)17(19)20(26)27-7-2/h10-11H,6-9,12H2,1-5H3. The molecule has 0 atom stereocenters. The van der Waals surface area contributed by atoms with Gasteiger partial charge in [0.05, 0.1) is 23.8 Å². The first-order valence-electron chi connectivity index (χ1n) is 9.45. The molecule has 0 saturated heterocycles. The average molecular weight is 428 g/mol. The van der Waals surface area contributed by atoms with Gasteiger partial charge in [-0.1, -0.05) is 57.3 Å².